The van der Waals surface area contributed by atoms with E-state index >= 15 is 0 Å². The lowest BCUT2D eigenvalue weighted by atomic mass is 10.00. The third kappa shape index (κ3) is 4.77. The zero-order valence-electron chi connectivity index (χ0n) is 13.5. The largest absolute Gasteiger partial charge is 0.348 e. The summed E-state index contributed by atoms with van der Waals surface area (Å²) < 4.78 is 0. The number of hydrogen-bond donors (Lipinski definition) is 1. The number of nitrogens with zero attached hydrogens (tertiary/aromatic N) is 1. The van der Waals surface area contributed by atoms with E-state index in [1.54, 1.807) is 16.7 Å². The molecule has 1 aromatic carbocycles. The van der Waals surface area contributed by atoms with Crippen LogP contribution in [-0.2, 0) is 16.0 Å². The molecular formula is C17H24N2O2S. The lowest BCUT2D eigenvalue weighted by Crippen LogP contribution is -2.39. The highest BCUT2D eigenvalue weighted by atomic mass is 32.2. The van der Waals surface area contributed by atoms with Crippen LogP contribution >= 0.6 is 11.8 Å². The van der Waals surface area contributed by atoms with Crippen LogP contribution in [0.4, 0.5) is 0 Å². The molecule has 1 saturated heterocycles. The van der Waals surface area contributed by atoms with Crippen LogP contribution in [0.2, 0.25) is 0 Å². The van der Waals surface area contributed by atoms with E-state index < -0.39 is 0 Å². The van der Waals surface area contributed by atoms with Crippen molar-refractivity contribution in [3.8, 4) is 0 Å². The van der Waals surface area contributed by atoms with Crippen LogP contribution in [0.15, 0.2) is 24.3 Å². The standard InChI is InChI=1S/C17H24N2O2S/c1-12(2)8-14-4-6-15(7-5-14)13(3)18-16(20)9-19-11-22-10-17(19)21/h4-7,12-13H,8-11H2,1-3H3,(H,18,20)/t13-/m1/s1. The minimum Gasteiger partial charge on any atom is -0.348 e. The van der Waals surface area contributed by atoms with Crippen molar-refractivity contribution in [2.75, 3.05) is 18.2 Å². The summed E-state index contributed by atoms with van der Waals surface area (Å²) in [5.41, 5.74) is 2.40. The van der Waals surface area contributed by atoms with Gasteiger partial charge in [0.1, 0.15) is 6.54 Å². The molecule has 0 spiro atoms. The van der Waals surface area contributed by atoms with Crippen molar-refractivity contribution in [2.24, 2.45) is 5.92 Å². The number of rotatable bonds is 6. The molecule has 0 bridgehead atoms. The second kappa shape index (κ2) is 7.68. The molecule has 0 radical (unpaired) electrons. The van der Waals surface area contributed by atoms with Crippen molar-refractivity contribution in [3.63, 3.8) is 0 Å². The van der Waals surface area contributed by atoms with Gasteiger partial charge in [-0.3, -0.25) is 9.59 Å². The number of carbonyl (C=O) groups is 2. The molecule has 1 heterocycles. The minimum absolute atomic E-state index is 0.0471. The second-order valence-corrected chi connectivity index (χ2v) is 7.15. The zero-order valence-corrected chi connectivity index (χ0v) is 14.3. The third-order valence-corrected chi connectivity index (χ3v) is 4.61. The summed E-state index contributed by atoms with van der Waals surface area (Å²) in [5.74, 6) is 1.68. The number of carbonyl (C=O) groups excluding carboxylic acids is 2. The van der Waals surface area contributed by atoms with Gasteiger partial charge in [0, 0.05) is 0 Å². The lowest BCUT2D eigenvalue weighted by Gasteiger charge is -2.18. The summed E-state index contributed by atoms with van der Waals surface area (Å²) in [7, 11) is 0. The van der Waals surface area contributed by atoms with E-state index in [9.17, 15) is 9.59 Å². The SMILES string of the molecule is CC(C)Cc1ccc([C@@H](C)NC(=O)CN2CSCC2=O)cc1. The van der Waals surface area contributed by atoms with E-state index in [1.807, 2.05) is 6.92 Å². The van der Waals surface area contributed by atoms with Crippen LogP contribution in [0.5, 0.6) is 0 Å². The molecular weight excluding hydrogens is 296 g/mol. The molecule has 1 N–H and O–H groups in total. The zero-order chi connectivity index (χ0) is 16.1. The van der Waals surface area contributed by atoms with Crippen LogP contribution < -0.4 is 5.32 Å². The van der Waals surface area contributed by atoms with Gasteiger partial charge in [-0.15, -0.1) is 11.8 Å². The van der Waals surface area contributed by atoms with Gasteiger partial charge in [-0.2, -0.15) is 0 Å². The van der Waals surface area contributed by atoms with Crippen molar-refractivity contribution in [3.05, 3.63) is 35.4 Å². The normalized spacial score (nSPS) is 16.2. The monoisotopic (exact) mass is 320 g/mol. The molecule has 120 valence electrons. The highest BCUT2D eigenvalue weighted by molar-refractivity contribution is 8.00. The molecule has 1 fully saturated rings. The first-order chi connectivity index (χ1) is 10.5. The maximum absolute atomic E-state index is 12.0. The molecule has 0 saturated carbocycles. The minimum atomic E-state index is -0.102. The molecule has 1 aliphatic rings. The second-order valence-electron chi connectivity index (χ2n) is 6.20. The van der Waals surface area contributed by atoms with E-state index in [-0.39, 0.29) is 24.4 Å². The van der Waals surface area contributed by atoms with Gasteiger partial charge >= 0.3 is 0 Å². The first kappa shape index (κ1) is 16.9. The quantitative estimate of drug-likeness (QED) is 0.876. The van der Waals surface area contributed by atoms with Gasteiger partial charge in [0.25, 0.3) is 0 Å². The van der Waals surface area contributed by atoms with Crippen molar-refractivity contribution >= 4 is 23.6 Å². The average Bonchev–Trinajstić information content (AvgIpc) is 2.84. The summed E-state index contributed by atoms with van der Waals surface area (Å²) in [6.07, 6.45) is 1.07. The Morgan fingerprint density at radius 2 is 1.95 bits per heavy atom. The topological polar surface area (TPSA) is 49.4 Å². The van der Waals surface area contributed by atoms with Gasteiger partial charge in [-0.1, -0.05) is 38.1 Å². The van der Waals surface area contributed by atoms with Crippen molar-refractivity contribution in [1.29, 1.82) is 0 Å². The average molecular weight is 320 g/mol. The van der Waals surface area contributed by atoms with Gasteiger partial charge < -0.3 is 10.2 Å². The fourth-order valence-corrected chi connectivity index (χ4v) is 3.40. The predicted octanol–water partition coefficient (Wildman–Crippen LogP) is 2.60. The first-order valence-corrected chi connectivity index (χ1v) is 8.85. The number of thioether (sulfide) groups is 1. The third-order valence-electron chi connectivity index (χ3n) is 3.66. The Hall–Kier alpha value is -1.49. The van der Waals surface area contributed by atoms with Crippen LogP contribution in [0.3, 0.4) is 0 Å². The molecule has 5 heteroatoms. The molecule has 0 aliphatic carbocycles. The Morgan fingerprint density at radius 3 is 2.50 bits per heavy atom. The van der Waals surface area contributed by atoms with Crippen molar-refractivity contribution in [1.82, 2.24) is 10.2 Å². The maximum Gasteiger partial charge on any atom is 0.240 e. The predicted molar refractivity (Wildman–Crippen MR) is 90.6 cm³/mol. The summed E-state index contributed by atoms with van der Waals surface area (Å²) in [6, 6.07) is 8.34. The number of amides is 2. The Bertz CT molecular complexity index is 528. The molecule has 0 aromatic heterocycles. The Labute approximate surface area is 136 Å². The molecule has 2 rings (SSSR count). The van der Waals surface area contributed by atoms with Crippen molar-refractivity contribution < 1.29 is 9.59 Å². The van der Waals surface area contributed by atoms with E-state index in [4.69, 9.17) is 0 Å². The maximum atomic E-state index is 12.0. The highest BCUT2D eigenvalue weighted by Crippen LogP contribution is 2.17. The summed E-state index contributed by atoms with van der Waals surface area (Å²) in [4.78, 5) is 25.1. The molecule has 22 heavy (non-hydrogen) atoms. The van der Waals surface area contributed by atoms with Crippen molar-refractivity contribution in [2.45, 2.75) is 33.2 Å². The molecule has 1 atom stereocenters. The summed E-state index contributed by atoms with van der Waals surface area (Å²) in [5, 5.41) is 2.96. The highest BCUT2D eigenvalue weighted by Gasteiger charge is 2.23. The van der Waals surface area contributed by atoms with Crippen LogP contribution in [0.1, 0.15) is 37.9 Å². The Kier molecular flexibility index (Phi) is 5.89. The van der Waals surface area contributed by atoms with Crippen LogP contribution in [-0.4, -0.2) is 34.9 Å². The molecule has 0 unspecified atom stereocenters. The van der Waals surface area contributed by atoms with Gasteiger partial charge in [0.2, 0.25) is 11.8 Å². The first-order valence-electron chi connectivity index (χ1n) is 7.69. The fourth-order valence-electron chi connectivity index (χ4n) is 2.50. The summed E-state index contributed by atoms with van der Waals surface area (Å²) >= 11 is 1.55. The van der Waals surface area contributed by atoms with Crippen LogP contribution in [0.25, 0.3) is 0 Å². The molecule has 2 amide bonds. The van der Waals surface area contributed by atoms with Crippen LogP contribution in [0, 0.1) is 5.92 Å². The Balaban J connectivity index is 1.86. The number of benzene rings is 1. The van der Waals surface area contributed by atoms with Gasteiger partial charge in [-0.25, -0.2) is 0 Å². The smallest absolute Gasteiger partial charge is 0.240 e. The van der Waals surface area contributed by atoms with Gasteiger partial charge in [-0.05, 0) is 30.4 Å². The van der Waals surface area contributed by atoms with E-state index in [0.29, 0.717) is 17.5 Å². The number of nitrogens with one attached hydrogen (secondary N) is 1. The molecule has 1 aliphatic heterocycles. The summed E-state index contributed by atoms with van der Waals surface area (Å²) in [6.45, 7) is 6.53. The van der Waals surface area contributed by atoms with E-state index in [1.165, 1.54) is 5.56 Å². The molecule has 1 aromatic rings. The van der Waals surface area contributed by atoms with Gasteiger partial charge in [0.15, 0.2) is 0 Å². The Morgan fingerprint density at radius 1 is 1.27 bits per heavy atom. The van der Waals surface area contributed by atoms with E-state index in [2.05, 4.69) is 43.4 Å². The van der Waals surface area contributed by atoms with E-state index in [0.717, 1.165) is 12.0 Å². The van der Waals surface area contributed by atoms with Gasteiger partial charge in [0.05, 0.1) is 17.7 Å². The lowest BCUT2D eigenvalue weighted by molar-refractivity contribution is -0.132. The number of hydrogen-bond acceptors (Lipinski definition) is 3. The molecule has 4 nitrogen and oxygen atoms in total. The fraction of sp³-hybridized carbons (Fsp3) is 0.529.